The van der Waals surface area contributed by atoms with Crippen LogP contribution < -0.4 is 5.32 Å². The van der Waals surface area contributed by atoms with Crippen molar-refractivity contribution in [1.29, 1.82) is 0 Å². The van der Waals surface area contributed by atoms with E-state index in [0.29, 0.717) is 19.8 Å². The first-order valence-corrected chi connectivity index (χ1v) is 7.57. The van der Waals surface area contributed by atoms with E-state index in [1.165, 1.54) is 0 Å². The van der Waals surface area contributed by atoms with Crippen molar-refractivity contribution in [3.8, 4) is 0 Å². The number of carbonyl (C=O) groups is 1. The minimum Gasteiger partial charge on any atom is -0.467 e. The summed E-state index contributed by atoms with van der Waals surface area (Å²) in [7, 11) is 0. The molecular weight excluding hydrogens is 282 g/mol. The monoisotopic (exact) mass is 303 g/mol. The van der Waals surface area contributed by atoms with Crippen molar-refractivity contribution in [1.82, 2.24) is 15.1 Å². The average Bonchev–Trinajstić information content (AvgIpc) is 3.22. The van der Waals surface area contributed by atoms with E-state index in [9.17, 15) is 4.79 Å². The van der Waals surface area contributed by atoms with Gasteiger partial charge in [-0.15, -0.1) is 0 Å². The van der Waals surface area contributed by atoms with E-state index >= 15 is 0 Å². The fourth-order valence-corrected chi connectivity index (χ4v) is 2.83. The second-order valence-electron chi connectivity index (χ2n) is 5.71. The number of aryl methyl sites for hydroxylation is 2. The van der Waals surface area contributed by atoms with Crippen LogP contribution in [0, 0.1) is 19.8 Å². The van der Waals surface area contributed by atoms with Crippen molar-refractivity contribution in [3.05, 3.63) is 41.6 Å². The molecule has 1 aliphatic heterocycles. The third-order valence-corrected chi connectivity index (χ3v) is 3.98. The molecule has 22 heavy (non-hydrogen) atoms. The van der Waals surface area contributed by atoms with Crippen LogP contribution in [0.2, 0.25) is 0 Å². The van der Waals surface area contributed by atoms with Gasteiger partial charge in [0.2, 0.25) is 5.91 Å². The Hall–Kier alpha value is -2.08. The van der Waals surface area contributed by atoms with Crippen LogP contribution >= 0.6 is 0 Å². The third kappa shape index (κ3) is 3.06. The number of ether oxygens (including phenoxy) is 1. The van der Waals surface area contributed by atoms with Crippen LogP contribution in [-0.4, -0.2) is 35.4 Å². The van der Waals surface area contributed by atoms with Gasteiger partial charge in [-0.2, -0.15) is 5.10 Å². The minimum absolute atomic E-state index is 0.0376. The number of furan rings is 1. The Bertz CT molecular complexity index is 627. The molecule has 0 radical (unpaired) electrons. The second-order valence-corrected chi connectivity index (χ2v) is 5.71. The van der Waals surface area contributed by atoms with Crippen LogP contribution in [-0.2, 0) is 9.53 Å². The van der Waals surface area contributed by atoms with E-state index in [4.69, 9.17) is 9.15 Å². The van der Waals surface area contributed by atoms with E-state index in [0.717, 1.165) is 23.6 Å². The lowest BCUT2D eigenvalue weighted by atomic mass is 10.1. The normalized spacial score (nSPS) is 19.3. The van der Waals surface area contributed by atoms with Gasteiger partial charge >= 0.3 is 0 Å². The Morgan fingerprint density at radius 2 is 2.41 bits per heavy atom. The molecule has 0 spiro atoms. The molecule has 2 aromatic heterocycles. The van der Waals surface area contributed by atoms with Gasteiger partial charge < -0.3 is 14.5 Å². The number of hydrogen-bond donors (Lipinski definition) is 1. The zero-order chi connectivity index (χ0) is 15.5. The molecule has 0 unspecified atom stereocenters. The van der Waals surface area contributed by atoms with Crippen LogP contribution in [0.25, 0.3) is 0 Å². The molecule has 1 amide bonds. The first-order chi connectivity index (χ1) is 10.6. The molecule has 0 bridgehead atoms. The predicted molar refractivity (Wildman–Crippen MR) is 80.5 cm³/mol. The Balaban J connectivity index is 1.75. The van der Waals surface area contributed by atoms with Crippen LogP contribution in [0.1, 0.15) is 29.6 Å². The molecule has 3 heterocycles. The van der Waals surface area contributed by atoms with Crippen molar-refractivity contribution in [3.63, 3.8) is 0 Å². The van der Waals surface area contributed by atoms with Gasteiger partial charge in [-0.3, -0.25) is 9.48 Å². The lowest BCUT2D eigenvalue weighted by Gasteiger charge is -2.19. The van der Waals surface area contributed by atoms with E-state index in [-0.39, 0.29) is 17.9 Å². The van der Waals surface area contributed by atoms with Gasteiger partial charge in [0.05, 0.1) is 24.5 Å². The Labute approximate surface area is 129 Å². The molecular formula is C16H21N3O3. The van der Waals surface area contributed by atoms with Gasteiger partial charge in [0, 0.05) is 18.8 Å². The minimum atomic E-state index is -0.144. The van der Waals surface area contributed by atoms with E-state index in [1.807, 2.05) is 36.7 Å². The summed E-state index contributed by atoms with van der Waals surface area (Å²) in [5.41, 5.74) is 1.99. The highest BCUT2D eigenvalue weighted by atomic mass is 16.5. The summed E-state index contributed by atoms with van der Waals surface area (Å²) in [5.74, 6) is 0.780. The van der Waals surface area contributed by atoms with Crippen LogP contribution in [0.15, 0.2) is 28.9 Å². The molecule has 6 nitrogen and oxygen atoms in total. The number of carbonyl (C=O) groups excluding carboxylic acids is 1. The van der Waals surface area contributed by atoms with Crippen molar-refractivity contribution < 1.29 is 13.9 Å². The molecule has 2 aromatic rings. The first-order valence-electron chi connectivity index (χ1n) is 7.57. The number of nitrogens with one attached hydrogen (secondary N) is 1. The maximum atomic E-state index is 12.2. The smallest absolute Gasteiger partial charge is 0.225 e. The van der Waals surface area contributed by atoms with Crippen LogP contribution in [0.4, 0.5) is 0 Å². The quantitative estimate of drug-likeness (QED) is 0.915. The molecule has 0 aliphatic carbocycles. The molecule has 1 aliphatic rings. The van der Waals surface area contributed by atoms with Crippen molar-refractivity contribution in [2.75, 3.05) is 19.8 Å². The number of hydrogen-bond acceptors (Lipinski definition) is 4. The molecule has 1 saturated heterocycles. The Morgan fingerprint density at radius 3 is 3.00 bits per heavy atom. The van der Waals surface area contributed by atoms with Gasteiger partial charge in [-0.25, -0.2) is 0 Å². The standard InChI is InChI=1S/C16H21N3O3/c1-11-8-12(2)19(18-11)14(15-4-3-6-22-15)9-17-16(20)13-5-7-21-10-13/h3-4,6,8,13-14H,5,7,9-10H2,1-2H3,(H,17,20)/t13-,14+/m1/s1. The fourth-order valence-electron chi connectivity index (χ4n) is 2.83. The van der Waals surface area contributed by atoms with E-state index < -0.39 is 0 Å². The number of rotatable bonds is 5. The largest absolute Gasteiger partial charge is 0.467 e. The Morgan fingerprint density at radius 1 is 1.55 bits per heavy atom. The second kappa shape index (κ2) is 6.36. The van der Waals surface area contributed by atoms with E-state index in [2.05, 4.69) is 10.4 Å². The van der Waals surface area contributed by atoms with Crippen LogP contribution in [0.3, 0.4) is 0 Å². The zero-order valence-electron chi connectivity index (χ0n) is 12.9. The van der Waals surface area contributed by atoms with Gasteiger partial charge in [0.25, 0.3) is 0 Å². The van der Waals surface area contributed by atoms with Gasteiger partial charge in [0.15, 0.2) is 0 Å². The maximum absolute atomic E-state index is 12.2. The molecule has 1 N–H and O–H groups in total. The summed E-state index contributed by atoms with van der Waals surface area (Å²) in [6, 6.07) is 5.63. The lowest BCUT2D eigenvalue weighted by Crippen LogP contribution is -2.36. The molecule has 1 fully saturated rings. The summed E-state index contributed by atoms with van der Waals surface area (Å²) in [6.45, 7) is 5.58. The summed E-state index contributed by atoms with van der Waals surface area (Å²) in [5, 5.41) is 7.53. The van der Waals surface area contributed by atoms with Gasteiger partial charge in [-0.05, 0) is 38.5 Å². The summed E-state index contributed by atoms with van der Waals surface area (Å²) in [6.07, 6.45) is 2.43. The molecule has 0 saturated carbocycles. The highest BCUT2D eigenvalue weighted by Crippen LogP contribution is 2.21. The predicted octanol–water partition coefficient (Wildman–Crippen LogP) is 1.84. The molecule has 2 atom stereocenters. The van der Waals surface area contributed by atoms with Gasteiger partial charge in [-0.1, -0.05) is 0 Å². The SMILES string of the molecule is Cc1cc(C)n([C@@H](CNC(=O)[C@@H]2CCOC2)c2ccco2)n1. The fraction of sp³-hybridized carbons (Fsp3) is 0.500. The zero-order valence-corrected chi connectivity index (χ0v) is 12.9. The third-order valence-electron chi connectivity index (χ3n) is 3.98. The first kappa shape index (κ1) is 14.8. The summed E-state index contributed by atoms with van der Waals surface area (Å²) in [4.78, 5) is 12.2. The highest BCUT2D eigenvalue weighted by molar-refractivity contribution is 5.79. The van der Waals surface area contributed by atoms with Crippen molar-refractivity contribution in [2.24, 2.45) is 5.92 Å². The maximum Gasteiger partial charge on any atom is 0.225 e. The average molecular weight is 303 g/mol. The number of nitrogens with zero attached hydrogens (tertiary/aromatic N) is 2. The number of aromatic nitrogens is 2. The molecule has 6 heteroatoms. The topological polar surface area (TPSA) is 69.3 Å². The van der Waals surface area contributed by atoms with Crippen molar-refractivity contribution >= 4 is 5.91 Å². The summed E-state index contributed by atoms with van der Waals surface area (Å²) < 4.78 is 12.7. The molecule has 3 rings (SSSR count). The van der Waals surface area contributed by atoms with E-state index in [1.54, 1.807) is 6.26 Å². The Kier molecular flexibility index (Phi) is 4.29. The van der Waals surface area contributed by atoms with Gasteiger partial charge in [0.1, 0.15) is 11.8 Å². The number of amides is 1. The summed E-state index contributed by atoms with van der Waals surface area (Å²) >= 11 is 0. The lowest BCUT2D eigenvalue weighted by molar-refractivity contribution is -0.125. The van der Waals surface area contributed by atoms with Crippen molar-refractivity contribution in [2.45, 2.75) is 26.3 Å². The highest BCUT2D eigenvalue weighted by Gasteiger charge is 2.26. The molecule has 0 aromatic carbocycles. The molecule has 118 valence electrons. The van der Waals surface area contributed by atoms with Crippen LogP contribution in [0.5, 0.6) is 0 Å².